The standard InChI is InChI=1S/C13H13ClFN3O3S/c1-9-6-13(19)18(8-16-9)5-4-17-22(20,21)10-2-3-12(15)11(14)7-10/h2-3,6-8,17H,4-5H2,1H3. The Morgan fingerprint density at radius 1 is 1.36 bits per heavy atom. The second-order valence-electron chi connectivity index (χ2n) is 4.54. The molecule has 0 bridgehead atoms. The highest BCUT2D eigenvalue weighted by Crippen LogP contribution is 2.19. The van der Waals surface area contributed by atoms with Crippen LogP contribution in [0.5, 0.6) is 0 Å². The van der Waals surface area contributed by atoms with E-state index in [1.54, 1.807) is 6.92 Å². The molecule has 0 saturated heterocycles. The van der Waals surface area contributed by atoms with Crippen molar-refractivity contribution in [2.75, 3.05) is 6.54 Å². The van der Waals surface area contributed by atoms with Gasteiger partial charge in [-0.3, -0.25) is 9.36 Å². The fourth-order valence-electron chi connectivity index (χ4n) is 1.71. The third kappa shape index (κ3) is 3.90. The molecular formula is C13H13ClFN3O3S. The van der Waals surface area contributed by atoms with Crippen LogP contribution in [0.2, 0.25) is 5.02 Å². The lowest BCUT2D eigenvalue weighted by Gasteiger charge is -2.09. The number of aryl methyl sites for hydroxylation is 1. The molecule has 2 rings (SSSR count). The average Bonchev–Trinajstić information content (AvgIpc) is 2.44. The van der Waals surface area contributed by atoms with Crippen molar-refractivity contribution in [2.24, 2.45) is 0 Å². The summed E-state index contributed by atoms with van der Waals surface area (Å²) in [6.07, 6.45) is 1.35. The second kappa shape index (κ2) is 6.55. The predicted molar refractivity (Wildman–Crippen MR) is 79.8 cm³/mol. The first-order valence-electron chi connectivity index (χ1n) is 6.27. The van der Waals surface area contributed by atoms with Gasteiger partial charge in [-0.1, -0.05) is 11.6 Å². The third-order valence-corrected chi connectivity index (χ3v) is 4.61. The number of nitrogens with zero attached hydrogens (tertiary/aromatic N) is 2. The minimum Gasteiger partial charge on any atom is -0.298 e. The molecule has 0 aliphatic carbocycles. The summed E-state index contributed by atoms with van der Waals surface area (Å²) < 4.78 is 40.7. The van der Waals surface area contributed by atoms with Crippen LogP contribution in [0, 0.1) is 12.7 Å². The molecule has 1 heterocycles. The van der Waals surface area contributed by atoms with Crippen LogP contribution in [0.25, 0.3) is 0 Å². The maximum Gasteiger partial charge on any atom is 0.253 e. The van der Waals surface area contributed by atoms with Crippen molar-refractivity contribution in [3.05, 3.63) is 57.5 Å². The van der Waals surface area contributed by atoms with Gasteiger partial charge in [-0.15, -0.1) is 0 Å². The molecule has 0 aliphatic rings. The van der Waals surface area contributed by atoms with E-state index in [1.807, 2.05) is 0 Å². The van der Waals surface area contributed by atoms with Gasteiger partial charge >= 0.3 is 0 Å². The maximum absolute atomic E-state index is 13.0. The van der Waals surface area contributed by atoms with Gasteiger partial charge in [0.25, 0.3) is 5.56 Å². The molecule has 0 amide bonds. The number of hydrogen-bond acceptors (Lipinski definition) is 4. The monoisotopic (exact) mass is 345 g/mol. The van der Waals surface area contributed by atoms with Gasteiger partial charge in [0.05, 0.1) is 16.2 Å². The lowest BCUT2D eigenvalue weighted by Crippen LogP contribution is -2.31. The number of aromatic nitrogens is 2. The highest BCUT2D eigenvalue weighted by Gasteiger charge is 2.15. The van der Waals surface area contributed by atoms with Crippen molar-refractivity contribution >= 4 is 21.6 Å². The highest BCUT2D eigenvalue weighted by atomic mass is 35.5. The molecule has 6 nitrogen and oxygen atoms in total. The number of hydrogen-bond donors (Lipinski definition) is 1. The second-order valence-corrected chi connectivity index (χ2v) is 6.71. The van der Waals surface area contributed by atoms with Gasteiger partial charge in [0.15, 0.2) is 0 Å². The van der Waals surface area contributed by atoms with E-state index in [2.05, 4.69) is 9.71 Å². The average molecular weight is 346 g/mol. The van der Waals surface area contributed by atoms with Gasteiger partial charge in [-0.05, 0) is 25.1 Å². The Balaban J connectivity index is 2.06. The fourth-order valence-corrected chi connectivity index (χ4v) is 3.00. The van der Waals surface area contributed by atoms with E-state index >= 15 is 0 Å². The number of sulfonamides is 1. The van der Waals surface area contributed by atoms with E-state index in [9.17, 15) is 17.6 Å². The normalized spacial score (nSPS) is 11.6. The van der Waals surface area contributed by atoms with E-state index in [4.69, 9.17) is 11.6 Å². The van der Waals surface area contributed by atoms with E-state index in [1.165, 1.54) is 17.0 Å². The van der Waals surface area contributed by atoms with E-state index < -0.39 is 15.8 Å². The molecule has 1 N–H and O–H groups in total. The Hall–Kier alpha value is -1.77. The molecule has 0 aliphatic heterocycles. The van der Waals surface area contributed by atoms with Crippen LogP contribution in [0.3, 0.4) is 0 Å². The van der Waals surface area contributed by atoms with Crippen LogP contribution in [-0.4, -0.2) is 24.5 Å². The van der Waals surface area contributed by atoms with Gasteiger partial charge < -0.3 is 0 Å². The minimum atomic E-state index is -3.83. The van der Waals surface area contributed by atoms with Gasteiger partial charge in [-0.25, -0.2) is 22.5 Å². The quantitative estimate of drug-likeness (QED) is 0.886. The molecule has 0 radical (unpaired) electrons. The Bertz CT molecular complexity index is 852. The minimum absolute atomic E-state index is 0.0119. The SMILES string of the molecule is Cc1cc(=O)n(CCNS(=O)(=O)c2ccc(F)c(Cl)c2)cn1. The molecule has 118 valence electrons. The first-order valence-corrected chi connectivity index (χ1v) is 8.13. The Morgan fingerprint density at radius 2 is 2.09 bits per heavy atom. The molecule has 2 aromatic rings. The van der Waals surface area contributed by atoms with Crippen molar-refractivity contribution in [1.29, 1.82) is 0 Å². The van der Waals surface area contributed by atoms with Crippen LogP contribution >= 0.6 is 11.6 Å². The van der Waals surface area contributed by atoms with Crippen LogP contribution in [0.4, 0.5) is 4.39 Å². The van der Waals surface area contributed by atoms with Gasteiger partial charge in [-0.2, -0.15) is 0 Å². The molecule has 1 aromatic heterocycles. The zero-order valence-electron chi connectivity index (χ0n) is 11.6. The zero-order valence-corrected chi connectivity index (χ0v) is 13.2. The largest absolute Gasteiger partial charge is 0.298 e. The van der Waals surface area contributed by atoms with Crippen LogP contribution in [-0.2, 0) is 16.6 Å². The number of rotatable bonds is 5. The number of benzene rings is 1. The van der Waals surface area contributed by atoms with Crippen molar-refractivity contribution in [3.8, 4) is 0 Å². The van der Waals surface area contributed by atoms with Gasteiger partial charge in [0.2, 0.25) is 10.0 Å². The Labute approximate surface area is 131 Å². The molecule has 9 heteroatoms. The molecule has 0 saturated carbocycles. The van der Waals surface area contributed by atoms with Crippen LogP contribution in [0.1, 0.15) is 5.69 Å². The molecule has 0 unspecified atom stereocenters. The summed E-state index contributed by atoms with van der Waals surface area (Å²) in [5, 5.41) is -0.276. The molecule has 0 atom stereocenters. The molecule has 1 aromatic carbocycles. The van der Waals surface area contributed by atoms with Crippen LogP contribution < -0.4 is 10.3 Å². The lowest BCUT2D eigenvalue weighted by molar-refractivity contribution is 0.567. The highest BCUT2D eigenvalue weighted by molar-refractivity contribution is 7.89. The molecule has 22 heavy (non-hydrogen) atoms. The summed E-state index contributed by atoms with van der Waals surface area (Å²) in [7, 11) is -3.83. The van der Waals surface area contributed by atoms with Crippen molar-refractivity contribution in [1.82, 2.24) is 14.3 Å². The van der Waals surface area contributed by atoms with Crippen molar-refractivity contribution in [2.45, 2.75) is 18.4 Å². The summed E-state index contributed by atoms with van der Waals surface area (Å²) in [5.74, 6) is -0.696. The third-order valence-electron chi connectivity index (χ3n) is 2.86. The van der Waals surface area contributed by atoms with Gasteiger partial charge in [0, 0.05) is 24.8 Å². The van der Waals surface area contributed by atoms with E-state index in [-0.39, 0.29) is 28.6 Å². The summed E-state index contributed by atoms with van der Waals surface area (Å²) in [5.41, 5.74) is 0.319. The molecule has 0 fully saturated rings. The topological polar surface area (TPSA) is 81.1 Å². The van der Waals surface area contributed by atoms with Gasteiger partial charge in [0.1, 0.15) is 5.82 Å². The summed E-state index contributed by atoms with van der Waals surface area (Å²) in [6.45, 7) is 1.80. The van der Waals surface area contributed by atoms with E-state index in [0.717, 1.165) is 18.2 Å². The maximum atomic E-state index is 13.0. The zero-order chi connectivity index (χ0) is 16.3. The Kier molecular flexibility index (Phi) is 4.94. The van der Waals surface area contributed by atoms with Crippen molar-refractivity contribution in [3.63, 3.8) is 0 Å². The Morgan fingerprint density at radius 3 is 2.73 bits per heavy atom. The first kappa shape index (κ1) is 16.6. The summed E-state index contributed by atoms with van der Waals surface area (Å²) in [4.78, 5) is 15.5. The lowest BCUT2D eigenvalue weighted by atomic mass is 10.3. The fraction of sp³-hybridized carbons (Fsp3) is 0.231. The summed E-state index contributed by atoms with van der Waals surface area (Å²) in [6, 6.07) is 4.47. The van der Waals surface area contributed by atoms with E-state index in [0.29, 0.717) is 5.69 Å². The van der Waals surface area contributed by atoms with Crippen molar-refractivity contribution < 1.29 is 12.8 Å². The number of halogens is 2. The molecule has 0 spiro atoms. The predicted octanol–water partition coefficient (Wildman–Crippen LogP) is 1.32. The molecular weight excluding hydrogens is 333 g/mol. The summed E-state index contributed by atoms with van der Waals surface area (Å²) >= 11 is 5.56. The number of nitrogens with one attached hydrogen (secondary N) is 1. The van der Waals surface area contributed by atoms with Crippen LogP contribution in [0.15, 0.2) is 40.3 Å². The smallest absolute Gasteiger partial charge is 0.253 e. The first-order chi connectivity index (χ1) is 10.3.